The second-order valence-corrected chi connectivity index (χ2v) is 7.22. The molecule has 0 amide bonds. The Balaban J connectivity index is 1.84. The Morgan fingerprint density at radius 3 is 2.68 bits per heavy atom. The number of aromatic carboxylic acids is 1. The van der Waals surface area contributed by atoms with Crippen molar-refractivity contribution in [2.75, 3.05) is 13.2 Å². The summed E-state index contributed by atoms with van der Waals surface area (Å²) in [6, 6.07) is 10.0. The van der Waals surface area contributed by atoms with Crippen molar-refractivity contribution in [2.24, 2.45) is 5.92 Å². The van der Waals surface area contributed by atoms with Gasteiger partial charge in [0.15, 0.2) is 0 Å². The van der Waals surface area contributed by atoms with Crippen LogP contribution in [0.4, 0.5) is 0 Å². The van der Waals surface area contributed by atoms with Gasteiger partial charge >= 0.3 is 5.97 Å². The predicted molar refractivity (Wildman–Crippen MR) is 92.6 cm³/mol. The molecule has 2 heterocycles. The van der Waals surface area contributed by atoms with E-state index in [4.69, 9.17) is 4.74 Å². The normalized spacial score (nSPS) is 26.3. The van der Waals surface area contributed by atoms with Crippen LogP contribution in [0.1, 0.15) is 53.7 Å². The van der Waals surface area contributed by atoms with Gasteiger partial charge in [0.2, 0.25) is 0 Å². The zero-order chi connectivity index (χ0) is 17.6. The largest absolute Gasteiger partial charge is 0.478 e. The maximum Gasteiger partial charge on any atom is 0.337 e. The molecule has 25 heavy (non-hydrogen) atoms. The summed E-state index contributed by atoms with van der Waals surface area (Å²) < 4.78 is 5.43. The molecule has 1 aromatic heterocycles. The van der Waals surface area contributed by atoms with Gasteiger partial charge in [-0.25, -0.2) is 4.79 Å². The van der Waals surface area contributed by atoms with Crippen LogP contribution >= 0.6 is 0 Å². The SMILES string of the molecule is C[C@H]1C[C@]1(C#N)c1nc2cc(C3CCOCC3)ccc2cc1C(=O)O. The first kappa shape index (κ1) is 16.0. The monoisotopic (exact) mass is 336 g/mol. The van der Waals surface area contributed by atoms with E-state index >= 15 is 0 Å². The van der Waals surface area contributed by atoms with Crippen LogP contribution in [-0.2, 0) is 10.2 Å². The fourth-order valence-corrected chi connectivity index (χ4v) is 3.93. The van der Waals surface area contributed by atoms with Gasteiger partial charge in [0.1, 0.15) is 5.41 Å². The van der Waals surface area contributed by atoms with Gasteiger partial charge in [-0.1, -0.05) is 19.1 Å². The highest BCUT2D eigenvalue weighted by Gasteiger charge is 2.56. The maximum atomic E-state index is 11.7. The number of ether oxygens (including phenoxy) is 1. The van der Waals surface area contributed by atoms with Gasteiger partial charge in [0.05, 0.1) is 22.8 Å². The quantitative estimate of drug-likeness (QED) is 0.925. The summed E-state index contributed by atoms with van der Waals surface area (Å²) in [6.07, 6.45) is 2.65. The number of hydrogen-bond donors (Lipinski definition) is 1. The highest BCUT2D eigenvalue weighted by Crippen LogP contribution is 2.54. The van der Waals surface area contributed by atoms with Crippen molar-refractivity contribution in [1.82, 2.24) is 4.98 Å². The minimum Gasteiger partial charge on any atom is -0.478 e. The van der Waals surface area contributed by atoms with Gasteiger partial charge in [0, 0.05) is 18.6 Å². The molecular weight excluding hydrogens is 316 g/mol. The molecule has 1 aliphatic heterocycles. The molecule has 2 atom stereocenters. The van der Waals surface area contributed by atoms with E-state index in [0.29, 0.717) is 18.0 Å². The summed E-state index contributed by atoms with van der Waals surface area (Å²) >= 11 is 0. The first-order chi connectivity index (χ1) is 12.0. The Kier molecular flexibility index (Phi) is 3.73. The third-order valence-corrected chi connectivity index (χ3v) is 5.70. The third kappa shape index (κ3) is 2.58. The molecular formula is C20H20N2O3. The Hall–Kier alpha value is -2.45. The number of nitriles is 1. The van der Waals surface area contributed by atoms with Crippen molar-refractivity contribution >= 4 is 16.9 Å². The third-order valence-electron chi connectivity index (χ3n) is 5.70. The van der Waals surface area contributed by atoms with Gasteiger partial charge in [-0.05, 0) is 48.8 Å². The Labute approximate surface area is 146 Å². The van der Waals surface area contributed by atoms with Crippen LogP contribution in [0.5, 0.6) is 0 Å². The van der Waals surface area contributed by atoms with Crippen molar-refractivity contribution in [1.29, 1.82) is 5.26 Å². The van der Waals surface area contributed by atoms with E-state index in [2.05, 4.69) is 23.2 Å². The average Bonchev–Trinajstić information content (AvgIpc) is 3.32. The standard InChI is InChI=1S/C20H20N2O3/c1-12-10-20(12,11-21)18-16(19(23)24)8-15-3-2-14(9-17(15)22-18)13-4-6-25-7-5-13/h2-3,8-9,12-13H,4-7,10H2,1H3,(H,23,24)/t12-,20+/m0/s1. The molecule has 0 unspecified atom stereocenters. The van der Waals surface area contributed by atoms with Crippen LogP contribution in [-0.4, -0.2) is 29.3 Å². The van der Waals surface area contributed by atoms with Crippen LogP contribution in [0.25, 0.3) is 10.9 Å². The molecule has 1 aromatic carbocycles. The highest BCUT2D eigenvalue weighted by atomic mass is 16.5. The molecule has 2 fully saturated rings. The number of carbonyl (C=O) groups is 1. The predicted octanol–water partition coefficient (Wildman–Crippen LogP) is 3.63. The van der Waals surface area contributed by atoms with Crippen LogP contribution in [0.15, 0.2) is 24.3 Å². The molecule has 5 heteroatoms. The number of fused-ring (bicyclic) bond motifs is 1. The molecule has 4 rings (SSSR count). The Bertz CT molecular complexity index is 896. The lowest BCUT2D eigenvalue weighted by molar-refractivity contribution is 0.0694. The summed E-state index contributed by atoms with van der Waals surface area (Å²) in [6.45, 7) is 3.52. The van der Waals surface area contributed by atoms with Gasteiger partial charge < -0.3 is 9.84 Å². The van der Waals surface area contributed by atoms with Crippen LogP contribution in [0, 0.1) is 17.2 Å². The molecule has 0 radical (unpaired) electrons. The second-order valence-electron chi connectivity index (χ2n) is 7.22. The number of hydrogen-bond acceptors (Lipinski definition) is 4. The zero-order valence-electron chi connectivity index (χ0n) is 14.2. The summed E-state index contributed by atoms with van der Waals surface area (Å²) in [4.78, 5) is 16.4. The molecule has 128 valence electrons. The van der Waals surface area contributed by atoms with Crippen LogP contribution < -0.4 is 0 Å². The van der Waals surface area contributed by atoms with Crippen molar-refractivity contribution < 1.29 is 14.6 Å². The van der Waals surface area contributed by atoms with E-state index in [-0.39, 0.29) is 11.5 Å². The zero-order valence-corrected chi connectivity index (χ0v) is 14.2. The molecule has 0 spiro atoms. The molecule has 2 aromatic rings. The Morgan fingerprint density at radius 1 is 1.36 bits per heavy atom. The van der Waals surface area contributed by atoms with E-state index in [1.54, 1.807) is 6.07 Å². The number of benzene rings is 1. The van der Waals surface area contributed by atoms with Crippen molar-refractivity contribution in [2.45, 2.75) is 37.5 Å². The second kappa shape index (κ2) is 5.82. The number of rotatable bonds is 3. The molecule has 5 nitrogen and oxygen atoms in total. The lowest BCUT2D eigenvalue weighted by atomic mass is 9.90. The van der Waals surface area contributed by atoms with Gasteiger partial charge in [-0.15, -0.1) is 0 Å². The minimum atomic E-state index is -1.02. The average molecular weight is 336 g/mol. The maximum absolute atomic E-state index is 11.7. The molecule has 0 bridgehead atoms. The summed E-state index contributed by atoms with van der Waals surface area (Å²) in [5.41, 5.74) is 1.81. The van der Waals surface area contributed by atoms with E-state index in [0.717, 1.165) is 37.0 Å². The lowest BCUT2D eigenvalue weighted by Gasteiger charge is -2.22. The van der Waals surface area contributed by atoms with E-state index in [1.807, 2.05) is 13.0 Å². The first-order valence-corrected chi connectivity index (χ1v) is 8.72. The number of nitrogens with zero attached hydrogens (tertiary/aromatic N) is 2. The number of pyridine rings is 1. The Morgan fingerprint density at radius 2 is 2.08 bits per heavy atom. The van der Waals surface area contributed by atoms with Gasteiger partial charge in [-0.3, -0.25) is 4.98 Å². The first-order valence-electron chi connectivity index (χ1n) is 8.72. The van der Waals surface area contributed by atoms with Crippen LogP contribution in [0.3, 0.4) is 0 Å². The summed E-state index contributed by atoms with van der Waals surface area (Å²) in [7, 11) is 0. The molecule has 1 saturated heterocycles. The number of aromatic nitrogens is 1. The highest BCUT2D eigenvalue weighted by molar-refractivity contribution is 5.95. The fourth-order valence-electron chi connectivity index (χ4n) is 3.93. The van der Waals surface area contributed by atoms with Crippen molar-refractivity contribution in [3.8, 4) is 6.07 Å². The summed E-state index contributed by atoms with van der Waals surface area (Å²) in [5.74, 6) is -0.432. The number of carboxylic acids is 1. The van der Waals surface area contributed by atoms with E-state index in [9.17, 15) is 15.2 Å². The topological polar surface area (TPSA) is 83.2 Å². The van der Waals surface area contributed by atoms with Gasteiger partial charge in [0.25, 0.3) is 0 Å². The molecule has 1 aliphatic carbocycles. The smallest absolute Gasteiger partial charge is 0.337 e. The number of carboxylic acid groups (broad SMARTS) is 1. The molecule has 1 N–H and O–H groups in total. The molecule has 1 saturated carbocycles. The van der Waals surface area contributed by atoms with E-state index in [1.165, 1.54) is 5.56 Å². The van der Waals surface area contributed by atoms with Crippen LogP contribution in [0.2, 0.25) is 0 Å². The van der Waals surface area contributed by atoms with E-state index < -0.39 is 11.4 Å². The fraction of sp³-hybridized carbons (Fsp3) is 0.450. The minimum absolute atomic E-state index is 0.138. The summed E-state index contributed by atoms with van der Waals surface area (Å²) in [5, 5.41) is 20.0. The lowest BCUT2D eigenvalue weighted by Crippen LogP contribution is -2.16. The van der Waals surface area contributed by atoms with Crippen molar-refractivity contribution in [3.63, 3.8) is 0 Å². The molecule has 2 aliphatic rings. The van der Waals surface area contributed by atoms with Gasteiger partial charge in [-0.2, -0.15) is 5.26 Å². The van der Waals surface area contributed by atoms with Crippen molar-refractivity contribution in [3.05, 3.63) is 41.1 Å².